The predicted octanol–water partition coefficient (Wildman–Crippen LogP) is 3.16. The van der Waals surface area contributed by atoms with Gasteiger partial charge in [0.15, 0.2) is 0 Å². The molecule has 3 nitrogen and oxygen atoms in total. The molecule has 0 aliphatic rings. The monoisotopic (exact) mass is 221 g/mol. The lowest BCUT2D eigenvalue weighted by Crippen LogP contribution is -2.22. The Hall–Kier alpha value is -1.58. The Morgan fingerprint density at radius 2 is 2.06 bits per heavy atom. The first kappa shape index (κ1) is 10.9. The van der Waals surface area contributed by atoms with E-state index in [1.54, 1.807) is 6.07 Å². The van der Waals surface area contributed by atoms with Crippen molar-refractivity contribution in [2.24, 2.45) is 5.92 Å². The Balaban J connectivity index is 2.26. The Kier molecular flexibility index (Phi) is 2.81. The van der Waals surface area contributed by atoms with Gasteiger partial charge in [0.05, 0.1) is 11.0 Å². The van der Waals surface area contributed by atoms with Crippen molar-refractivity contribution in [1.82, 2.24) is 9.97 Å². The number of anilines is 1. The molecule has 0 aliphatic heterocycles. The molecular formula is C12H16FN3. The van der Waals surface area contributed by atoms with Gasteiger partial charge in [0.1, 0.15) is 5.82 Å². The molecule has 2 rings (SSSR count). The first-order valence-electron chi connectivity index (χ1n) is 5.48. The summed E-state index contributed by atoms with van der Waals surface area (Å²) in [5.74, 6) is 0.964. The van der Waals surface area contributed by atoms with Gasteiger partial charge >= 0.3 is 0 Å². The summed E-state index contributed by atoms with van der Waals surface area (Å²) < 4.78 is 13.0. The number of hydrogen-bond acceptors (Lipinski definition) is 2. The number of benzene rings is 1. The summed E-state index contributed by atoms with van der Waals surface area (Å²) in [6, 6.07) is 4.86. The van der Waals surface area contributed by atoms with Gasteiger partial charge in [-0.3, -0.25) is 0 Å². The van der Waals surface area contributed by atoms with Gasteiger partial charge in [0, 0.05) is 6.04 Å². The van der Waals surface area contributed by atoms with Gasteiger partial charge in [-0.25, -0.2) is 9.37 Å². The molecule has 1 unspecified atom stereocenters. The Bertz CT molecular complexity index is 490. The second-order valence-corrected chi connectivity index (χ2v) is 4.42. The van der Waals surface area contributed by atoms with Crippen LogP contribution >= 0.6 is 0 Å². The van der Waals surface area contributed by atoms with Gasteiger partial charge in [-0.05, 0) is 31.0 Å². The molecule has 16 heavy (non-hydrogen) atoms. The summed E-state index contributed by atoms with van der Waals surface area (Å²) in [5.41, 5.74) is 1.50. The molecule has 0 saturated carbocycles. The van der Waals surface area contributed by atoms with Crippen LogP contribution in [0.4, 0.5) is 10.3 Å². The van der Waals surface area contributed by atoms with Gasteiger partial charge in [-0.15, -0.1) is 0 Å². The lowest BCUT2D eigenvalue weighted by atomic mass is 10.1. The predicted molar refractivity (Wildman–Crippen MR) is 64.0 cm³/mol. The highest BCUT2D eigenvalue weighted by atomic mass is 19.1. The molecule has 0 aliphatic carbocycles. The minimum atomic E-state index is -0.250. The third-order valence-electron chi connectivity index (χ3n) is 2.81. The van der Waals surface area contributed by atoms with Crippen LogP contribution in [-0.2, 0) is 0 Å². The van der Waals surface area contributed by atoms with Crippen molar-refractivity contribution in [3.63, 3.8) is 0 Å². The fourth-order valence-corrected chi connectivity index (χ4v) is 1.43. The molecule has 1 atom stereocenters. The summed E-state index contributed by atoms with van der Waals surface area (Å²) in [6.45, 7) is 6.37. The van der Waals surface area contributed by atoms with Crippen molar-refractivity contribution in [3.8, 4) is 0 Å². The SMILES string of the molecule is CC(C)C(C)Nc1nc2ccc(F)cc2[nH]1. The van der Waals surface area contributed by atoms with Crippen LogP contribution in [0.15, 0.2) is 18.2 Å². The van der Waals surface area contributed by atoms with Crippen molar-refractivity contribution in [3.05, 3.63) is 24.0 Å². The summed E-state index contributed by atoms with van der Waals surface area (Å²) in [4.78, 5) is 7.40. The molecule has 0 radical (unpaired) electrons. The molecule has 2 aromatic rings. The summed E-state index contributed by atoms with van der Waals surface area (Å²) in [7, 11) is 0. The maximum Gasteiger partial charge on any atom is 0.201 e. The Morgan fingerprint density at radius 3 is 2.75 bits per heavy atom. The van der Waals surface area contributed by atoms with E-state index in [9.17, 15) is 4.39 Å². The van der Waals surface area contributed by atoms with E-state index in [2.05, 4.69) is 36.1 Å². The summed E-state index contributed by atoms with van der Waals surface area (Å²) in [6.07, 6.45) is 0. The molecule has 4 heteroatoms. The van der Waals surface area contributed by atoms with E-state index in [1.807, 2.05) is 0 Å². The van der Waals surface area contributed by atoms with Crippen LogP contribution in [0.2, 0.25) is 0 Å². The van der Waals surface area contributed by atoms with Gasteiger partial charge < -0.3 is 10.3 Å². The molecule has 0 saturated heterocycles. The van der Waals surface area contributed by atoms with Gasteiger partial charge in [-0.1, -0.05) is 13.8 Å². The molecule has 1 aromatic heterocycles. The maximum atomic E-state index is 13.0. The molecule has 0 fully saturated rings. The molecule has 86 valence electrons. The number of imidazole rings is 1. The van der Waals surface area contributed by atoms with Crippen molar-refractivity contribution >= 4 is 17.0 Å². The zero-order chi connectivity index (χ0) is 11.7. The van der Waals surface area contributed by atoms with Crippen LogP contribution in [0.5, 0.6) is 0 Å². The number of hydrogen-bond donors (Lipinski definition) is 2. The van der Waals surface area contributed by atoms with Crippen LogP contribution in [0.1, 0.15) is 20.8 Å². The third-order valence-corrected chi connectivity index (χ3v) is 2.81. The third kappa shape index (κ3) is 2.15. The quantitative estimate of drug-likeness (QED) is 0.835. The molecule has 0 bridgehead atoms. The zero-order valence-electron chi connectivity index (χ0n) is 9.71. The fraction of sp³-hybridized carbons (Fsp3) is 0.417. The second kappa shape index (κ2) is 4.12. The van der Waals surface area contributed by atoms with E-state index < -0.39 is 0 Å². The average molecular weight is 221 g/mol. The molecule has 2 N–H and O–H groups in total. The second-order valence-electron chi connectivity index (χ2n) is 4.42. The highest BCUT2D eigenvalue weighted by Crippen LogP contribution is 2.17. The largest absolute Gasteiger partial charge is 0.353 e. The first-order chi connectivity index (χ1) is 7.56. The minimum Gasteiger partial charge on any atom is -0.353 e. The van der Waals surface area contributed by atoms with E-state index in [0.717, 1.165) is 11.0 Å². The normalized spacial score (nSPS) is 13.3. The fourth-order valence-electron chi connectivity index (χ4n) is 1.43. The van der Waals surface area contributed by atoms with E-state index in [0.29, 0.717) is 17.9 Å². The van der Waals surface area contributed by atoms with E-state index in [-0.39, 0.29) is 5.82 Å². The highest BCUT2D eigenvalue weighted by Gasteiger charge is 2.09. The van der Waals surface area contributed by atoms with Crippen molar-refractivity contribution in [1.29, 1.82) is 0 Å². The number of rotatable bonds is 3. The van der Waals surface area contributed by atoms with Crippen molar-refractivity contribution in [2.45, 2.75) is 26.8 Å². The Morgan fingerprint density at radius 1 is 1.31 bits per heavy atom. The van der Waals surface area contributed by atoms with E-state index in [4.69, 9.17) is 0 Å². The number of nitrogens with zero attached hydrogens (tertiary/aromatic N) is 1. The van der Waals surface area contributed by atoms with Gasteiger partial charge in [0.25, 0.3) is 0 Å². The lowest BCUT2D eigenvalue weighted by molar-refractivity contribution is 0.557. The molecule has 0 spiro atoms. The molecular weight excluding hydrogens is 205 g/mol. The number of halogens is 1. The molecule has 1 aromatic carbocycles. The number of aromatic amines is 1. The standard InChI is InChI=1S/C12H16FN3/c1-7(2)8(3)14-12-15-10-5-4-9(13)6-11(10)16-12/h4-8H,1-3H3,(H2,14,15,16). The van der Waals surface area contributed by atoms with Crippen LogP contribution in [0.3, 0.4) is 0 Å². The number of nitrogens with one attached hydrogen (secondary N) is 2. The number of aromatic nitrogens is 2. The minimum absolute atomic E-state index is 0.250. The van der Waals surface area contributed by atoms with Crippen LogP contribution in [0, 0.1) is 11.7 Å². The van der Waals surface area contributed by atoms with Crippen molar-refractivity contribution < 1.29 is 4.39 Å². The van der Waals surface area contributed by atoms with Crippen LogP contribution in [-0.4, -0.2) is 16.0 Å². The molecule has 1 heterocycles. The number of H-pyrrole nitrogens is 1. The van der Waals surface area contributed by atoms with E-state index >= 15 is 0 Å². The van der Waals surface area contributed by atoms with Crippen LogP contribution < -0.4 is 5.32 Å². The first-order valence-corrected chi connectivity index (χ1v) is 5.48. The highest BCUT2D eigenvalue weighted by molar-refractivity contribution is 5.77. The summed E-state index contributed by atoms with van der Waals surface area (Å²) >= 11 is 0. The van der Waals surface area contributed by atoms with E-state index in [1.165, 1.54) is 12.1 Å². The number of fused-ring (bicyclic) bond motifs is 1. The van der Waals surface area contributed by atoms with Gasteiger partial charge in [-0.2, -0.15) is 0 Å². The van der Waals surface area contributed by atoms with Crippen LogP contribution in [0.25, 0.3) is 11.0 Å². The average Bonchev–Trinajstić information content (AvgIpc) is 2.58. The van der Waals surface area contributed by atoms with Crippen molar-refractivity contribution in [2.75, 3.05) is 5.32 Å². The molecule has 0 amide bonds. The lowest BCUT2D eigenvalue weighted by Gasteiger charge is -2.16. The smallest absolute Gasteiger partial charge is 0.201 e. The maximum absolute atomic E-state index is 13.0. The Labute approximate surface area is 94.1 Å². The van der Waals surface area contributed by atoms with Gasteiger partial charge in [0.2, 0.25) is 5.95 Å². The summed E-state index contributed by atoms with van der Waals surface area (Å²) in [5, 5.41) is 3.26. The topological polar surface area (TPSA) is 40.7 Å². The zero-order valence-corrected chi connectivity index (χ0v) is 9.71.